The van der Waals surface area contributed by atoms with Crippen LogP contribution in [0, 0.1) is 5.41 Å². The fourth-order valence-corrected chi connectivity index (χ4v) is 3.35. The smallest absolute Gasteiger partial charge is 0.134 e. The summed E-state index contributed by atoms with van der Waals surface area (Å²) in [5.41, 5.74) is 5.53. The van der Waals surface area contributed by atoms with Gasteiger partial charge in [0, 0.05) is 5.39 Å². The van der Waals surface area contributed by atoms with Crippen LogP contribution in [0.1, 0.15) is 45.6 Å². The van der Waals surface area contributed by atoms with Gasteiger partial charge in [0.1, 0.15) is 5.58 Å². The molecule has 0 bridgehead atoms. The van der Waals surface area contributed by atoms with Crippen molar-refractivity contribution in [2.24, 2.45) is 5.41 Å². The number of hydrogen-bond donors (Lipinski definition) is 0. The van der Waals surface area contributed by atoms with Crippen LogP contribution >= 0.6 is 0 Å². The highest BCUT2D eigenvalue weighted by molar-refractivity contribution is 5.87. The van der Waals surface area contributed by atoms with E-state index in [-0.39, 0.29) is 0 Å². The van der Waals surface area contributed by atoms with Crippen molar-refractivity contribution in [2.45, 2.75) is 40.0 Å². The Hall–Kier alpha value is -1.76. The van der Waals surface area contributed by atoms with Crippen molar-refractivity contribution >= 4 is 17.0 Å². The highest BCUT2D eigenvalue weighted by Gasteiger charge is 2.26. The van der Waals surface area contributed by atoms with E-state index in [1.807, 2.05) is 12.1 Å². The number of furan rings is 1. The van der Waals surface area contributed by atoms with Crippen molar-refractivity contribution < 1.29 is 4.42 Å². The van der Waals surface area contributed by atoms with Gasteiger partial charge in [0.2, 0.25) is 0 Å². The van der Waals surface area contributed by atoms with Crippen LogP contribution in [0.25, 0.3) is 17.0 Å². The molecule has 1 aliphatic rings. The molecule has 0 saturated carbocycles. The van der Waals surface area contributed by atoms with Crippen molar-refractivity contribution in [1.29, 1.82) is 0 Å². The van der Waals surface area contributed by atoms with Gasteiger partial charge in [-0.25, -0.2) is 0 Å². The molecule has 0 unspecified atom stereocenters. The predicted octanol–water partition coefficient (Wildman–Crippen LogP) is 5.97. The summed E-state index contributed by atoms with van der Waals surface area (Å²) in [6.07, 6.45) is 10.1. The quantitative estimate of drug-likeness (QED) is 0.652. The van der Waals surface area contributed by atoms with E-state index in [0.29, 0.717) is 5.41 Å². The normalized spacial score (nSPS) is 19.1. The third-order valence-electron chi connectivity index (χ3n) is 4.50. The van der Waals surface area contributed by atoms with Crippen LogP contribution in [0.2, 0.25) is 0 Å². The van der Waals surface area contributed by atoms with Crippen molar-refractivity contribution in [3.63, 3.8) is 0 Å². The summed E-state index contributed by atoms with van der Waals surface area (Å²) in [7, 11) is 0. The molecule has 0 N–H and O–H groups in total. The summed E-state index contributed by atoms with van der Waals surface area (Å²) in [6, 6.07) is 8.27. The SMILES string of the molecule is CC1=C(C=Cc2cccc3occc23)C(C)(C)CCC1. The zero-order valence-corrected chi connectivity index (χ0v) is 12.6. The van der Waals surface area contributed by atoms with Crippen LogP contribution in [0.5, 0.6) is 0 Å². The molecule has 1 heterocycles. The van der Waals surface area contributed by atoms with Crippen molar-refractivity contribution in [1.82, 2.24) is 0 Å². The van der Waals surface area contributed by atoms with E-state index in [1.165, 1.54) is 41.4 Å². The summed E-state index contributed by atoms with van der Waals surface area (Å²) in [5.74, 6) is 0. The number of fused-ring (bicyclic) bond motifs is 1. The second kappa shape index (κ2) is 4.97. The topological polar surface area (TPSA) is 13.1 Å². The van der Waals surface area contributed by atoms with E-state index < -0.39 is 0 Å². The first-order chi connectivity index (χ1) is 9.58. The summed E-state index contributed by atoms with van der Waals surface area (Å²) in [6.45, 7) is 6.99. The lowest BCUT2D eigenvalue weighted by Crippen LogP contribution is -2.18. The average molecular weight is 266 g/mol. The van der Waals surface area contributed by atoms with Crippen LogP contribution in [-0.2, 0) is 0 Å². The largest absolute Gasteiger partial charge is 0.464 e. The fraction of sp³-hybridized carbons (Fsp3) is 0.368. The summed E-state index contributed by atoms with van der Waals surface area (Å²) >= 11 is 0. The zero-order chi connectivity index (χ0) is 14.2. The lowest BCUT2D eigenvalue weighted by molar-refractivity contribution is 0.377. The van der Waals surface area contributed by atoms with Gasteiger partial charge in [-0.05, 0) is 54.9 Å². The van der Waals surface area contributed by atoms with Gasteiger partial charge in [-0.15, -0.1) is 0 Å². The van der Waals surface area contributed by atoms with Crippen molar-refractivity contribution in [3.8, 4) is 0 Å². The third-order valence-corrected chi connectivity index (χ3v) is 4.50. The van der Waals surface area contributed by atoms with Crippen molar-refractivity contribution in [2.75, 3.05) is 0 Å². The summed E-state index contributed by atoms with van der Waals surface area (Å²) in [4.78, 5) is 0. The third kappa shape index (κ3) is 2.33. The molecular formula is C19H22O. The summed E-state index contributed by atoms with van der Waals surface area (Å²) < 4.78 is 5.47. The molecule has 3 rings (SSSR count). The Balaban J connectivity index is 2.00. The first kappa shape index (κ1) is 13.2. The first-order valence-electron chi connectivity index (χ1n) is 7.42. The van der Waals surface area contributed by atoms with E-state index in [4.69, 9.17) is 4.42 Å². The maximum absolute atomic E-state index is 5.47. The Kier molecular flexibility index (Phi) is 3.29. The van der Waals surface area contributed by atoms with E-state index in [0.717, 1.165) is 5.58 Å². The molecule has 1 aromatic heterocycles. The van der Waals surface area contributed by atoms with E-state index in [2.05, 4.69) is 45.1 Å². The highest BCUT2D eigenvalue weighted by atomic mass is 16.3. The molecule has 1 nitrogen and oxygen atoms in total. The highest BCUT2D eigenvalue weighted by Crippen LogP contribution is 2.41. The first-order valence-corrected chi connectivity index (χ1v) is 7.42. The molecule has 0 spiro atoms. The number of hydrogen-bond acceptors (Lipinski definition) is 1. The minimum atomic E-state index is 0.295. The van der Waals surface area contributed by atoms with E-state index in [9.17, 15) is 0 Å². The molecule has 0 amide bonds. The molecule has 0 atom stereocenters. The van der Waals surface area contributed by atoms with Gasteiger partial charge in [0.25, 0.3) is 0 Å². The molecule has 2 aromatic rings. The average Bonchev–Trinajstić information content (AvgIpc) is 2.86. The van der Waals surface area contributed by atoms with E-state index in [1.54, 1.807) is 6.26 Å². The Morgan fingerprint density at radius 1 is 1.15 bits per heavy atom. The minimum absolute atomic E-state index is 0.295. The maximum Gasteiger partial charge on any atom is 0.134 e. The second-order valence-electron chi connectivity index (χ2n) is 6.44. The van der Waals surface area contributed by atoms with Crippen LogP contribution in [0.4, 0.5) is 0 Å². The van der Waals surface area contributed by atoms with Crippen LogP contribution < -0.4 is 0 Å². The Morgan fingerprint density at radius 3 is 2.80 bits per heavy atom. The zero-order valence-electron chi connectivity index (χ0n) is 12.6. The van der Waals surface area contributed by atoms with E-state index >= 15 is 0 Å². The Labute approximate surface area is 121 Å². The van der Waals surface area contributed by atoms with Gasteiger partial charge >= 0.3 is 0 Å². The molecule has 104 valence electrons. The lowest BCUT2D eigenvalue weighted by atomic mass is 9.72. The number of rotatable bonds is 2. The molecule has 1 heteroatoms. The maximum atomic E-state index is 5.47. The van der Waals surface area contributed by atoms with Gasteiger partial charge in [0.05, 0.1) is 6.26 Å². The monoisotopic (exact) mass is 266 g/mol. The molecule has 0 radical (unpaired) electrons. The predicted molar refractivity (Wildman–Crippen MR) is 85.6 cm³/mol. The second-order valence-corrected chi connectivity index (χ2v) is 6.44. The van der Waals surface area contributed by atoms with Crippen LogP contribution in [-0.4, -0.2) is 0 Å². The van der Waals surface area contributed by atoms with Crippen LogP contribution in [0.3, 0.4) is 0 Å². The molecule has 0 fully saturated rings. The number of benzene rings is 1. The van der Waals surface area contributed by atoms with Crippen LogP contribution in [0.15, 0.2) is 52.2 Å². The number of allylic oxidation sites excluding steroid dienone is 3. The van der Waals surface area contributed by atoms with Gasteiger partial charge in [-0.3, -0.25) is 0 Å². The Morgan fingerprint density at radius 2 is 2.00 bits per heavy atom. The lowest BCUT2D eigenvalue weighted by Gasteiger charge is -2.32. The van der Waals surface area contributed by atoms with Gasteiger partial charge in [-0.2, -0.15) is 0 Å². The van der Waals surface area contributed by atoms with Gasteiger partial charge < -0.3 is 4.42 Å². The molecule has 20 heavy (non-hydrogen) atoms. The molecule has 0 aliphatic heterocycles. The standard InChI is InChI=1S/C19H22O/c1-14-6-5-12-19(2,3)17(14)10-9-15-7-4-8-18-16(15)11-13-20-18/h4,7-11,13H,5-6,12H2,1-3H3. The van der Waals surface area contributed by atoms with Crippen molar-refractivity contribution in [3.05, 3.63) is 53.3 Å². The molecule has 0 saturated heterocycles. The fourth-order valence-electron chi connectivity index (χ4n) is 3.35. The molecule has 1 aromatic carbocycles. The molecule has 1 aliphatic carbocycles. The minimum Gasteiger partial charge on any atom is -0.464 e. The molecular weight excluding hydrogens is 244 g/mol. The summed E-state index contributed by atoms with van der Waals surface area (Å²) in [5, 5.41) is 1.19. The van der Waals surface area contributed by atoms with Gasteiger partial charge in [-0.1, -0.05) is 43.7 Å². The van der Waals surface area contributed by atoms with Gasteiger partial charge in [0.15, 0.2) is 0 Å². The Bertz CT molecular complexity index is 683.